The molecule has 0 unspecified atom stereocenters. The number of rotatable bonds is 6. The first-order chi connectivity index (χ1) is 13.3. The van der Waals surface area contributed by atoms with E-state index in [9.17, 15) is 14.4 Å². The number of hydrogen-bond donors (Lipinski definition) is 4. The predicted octanol–water partition coefficient (Wildman–Crippen LogP) is 3.83. The number of amides is 4. The van der Waals surface area contributed by atoms with Crippen molar-refractivity contribution >= 4 is 41.0 Å². The summed E-state index contributed by atoms with van der Waals surface area (Å²) in [4.78, 5) is 34.7. The van der Waals surface area contributed by atoms with Crippen LogP contribution in [0.15, 0.2) is 54.6 Å². The van der Waals surface area contributed by atoms with E-state index in [4.69, 9.17) is 0 Å². The quantitative estimate of drug-likeness (QED) is 0.573. The van der Waals surface area contributed by atoms with E-state index in [0.717, 1.165) is 5.56 Å². The first kappa shape index (κ1) is 20.7. The number of urea groups is 1. The van der Waals surface area contributed by atoms with E-state index in [1.165, 1.54) is 13.0 Å². The lowest BCUT2D eigenvalue weighted by Crippen LogP contribution is -2.34. The Hall–Kier alpha value is -3.61. The van der Waals surface area contributed by atoms with Crippen LogP contribution in [-0.4, -0.2) is 23.9 Å². The van der Waals surface area contributed by atoms with E-state index in [-0.39, 0.29) is 23.9 Å². The maximum Gasteiger partial charge on any atom is 0.319 e. The molecule has 0 aromatic heterocycles. The van der Waals surface area contributed by atoms with E-state index in [2.05, 4.69) is 21.3 Å². The Balaban J connectivity index is 1.87. The minimum atomic E-state index is -0.278. The average Bonchev–Trinajstić information content (AvgIpc) is 2.61. The van der Waals surface area contributed by atoms with Gasteiger partial charge in [0.1, 0.15) is 0 Å². The molecule has 0 saturated heterocycles. The number of carbonyl (C=O) groups is 3. The third kappa shape index (κ3) is 7.33. The van der Waals surface area contributed by atoms with Crippen molar-refractivity contribution in [2.45, 2.75) is 26.8 Å². The summed E-state index contributed by atoms with van der Waals surface area (Å²) in [5.41, 5.74) is 2.78. The molecule has 0 heterocycles. The number of hydrogen-bond acceptors (Lipinski definition) is 3. The fourth-order valence-electron chi connectivity index (χ4n) is 2.30. The van der Waals surface area contributed by atoms with Gasteiger partial charge in [0.05, 0.1) is 0 Å². The van der Waals surface area contributed by atoms with Gasteiger partial charge in [-0.05, 0) is 61.9 Å². The average molecular weight is 380 g/mol. The molecule has 2 aromatic carbocycles. The SMILES string of the molecule is CC(=O)Nc1ccc(/C=C/C(=O)Nc2ccc(NC(=O)NC(C)C)cc2)cc1. The van der Waals surface area contributed by atoms with Crippen LogP contribution < -0.4 is 21.3 Å². The topological polar surface area (TPSA) is 99.3 Å². The monoisotopic (exact) mass is 380 g/mol. The van der Waals surface area contributed by atoms with Gasteiger partial charge in [0, 0.05) is 36.1 Å². The predicted molar refractivity (Wildman–Crippen MR) is 112 cm³/mol. The summed E-state index contributed by atoms with van der Waals surface area (Å²) in [5.74, 6) is -0.409. The fourth-order valence-corrected chi connectivity index (χ4v) is 2.30. The molecule has 0 aliphatic rings. The molecule has 28 heavy (non-hydrogen) atoms. The number of benzene rings is 2. The Kier molecular flexibility index (Phi) is 7.33. The van der Waals surface area contributed by atoms with Crippen LogP contribution in [-0.2, 0) is 9.59 Å². The molecule has 7 heteroatoms. The molecule has 2 rings (SSSR count). The van der Waals surface area contributed by atoms with Crippen LogP contribution in [0, 0.1) is 0 Å². The zero-order valence-corrected chi connectivity index (χ0v) is 16.1. The zero-order valence-electron chi connectivity index (χ0n) is 16.1. The zero-order chi connectivity index (χ0) is 20.5. The first-order valence-corrected chi connectivity index (χ1v) is 8.86. The van der Waals surface area contributed by atoms with Crippen LogP contribution in [0.1, 0.15) is 26.3 Å². The molecular formula is C21H24N4O3. The summed E-state index contributed by atoms with van der Waals surface area (Å²) < 4.78 is 0. The van der Waals surface area contributed by atoms with Crippen molar-refractivity contribution in [3.8, 4) is 0 Å². The summed E-state index contributed by atoms with van der Waals surface area (Å²) in [7, 11) is 0. The normalized spacial score (nSPS) is 10.6. The van der Waals surface area contributed by atoms with Crippen LogP contribution in [0.3, 0.4) is 0 Å². The van der Waals surface area contributed by atoms with Crippen LogP contribution in [0.4, 0.5) is 21.9 Å². The second-order valence-electron chi connectivity index (χ2n) is 6.46. The molecule has 7 nitrogen and oxygen atoms in total. The van der Waals surface area contributed by atoms with Crippen LogP contribution >= 0.6 is 0 Å². The summed E-state index contributed by atoms with van der Waals surface area (Å²) in [6.45, 7) is 5.20. The lowest BCUT2D eigenvalue weighted by Gasteiger charge is -2.10. The van der Waals surface area contributed by atoms with Gasteiger partial charge in [-0.2, -0.15) is 0 Å². The maximum absolute atomic E-state index is 12.0. The van der Waals surface area contributed by atoms with E-state index >= 15 is 0 Å². The molecule has 0 radical (unpaired) electrons. The third-order valence-electron chi connectivity index (χ3n) is 3.49. The van der Waals surface area contributed by atoms with Gasteiger partial charge in [0.15, 0.2) is 0 Å². The molecular weight excluding hydrogens is 356 g/mol. The molecule has 0 atom stereocenters. The van der Waals surface area contributed by atoms with Gasteiger partial charge < -0.3 is 21.3 Å². The van der Waals surface area contributed by atoms with E-state index < -0.39 is 0 Å². The van der Waals surface area contributed by atoms with Gasteiger partial charge in [-0.25, -0.2) is 4.79 Å². The minimum absolute atomic E-state index is 0.0481. The van der Waals surface area contributed by atoms with Gasteiger partial charge >= 0.3 is 6.03 Å². The number of carbonyl (C=O) groups excluding carboxylic acids is 3. The van der Waals surface area contributed by atoms with Crippen molar-refractivity contribution < 1.29 is 14.4 Å². The van der Waals surface area contributed by atoms with Crippen molar-refractivity contribution in [2.24, 2.45) is 0 Å². The molecule has 0 aliphatic carbocycles. The highest BCUT2D eigenvalue weighted by atomic mass is 16.2. The van der Waals surface area contributed by atoms with Crippen molar-refractivity contribution in [3.63, 3.8) is 0 Å². The van der Waals surface area contributed by atoms with Crippen LogP contribution in [0.5, 0.6) is 0 Å². The van der Waals surface area contributed by atoms with Gasteiger partial charge in [0.2, 0.25) is 11.8 Å². The Morgan fingerprint density at radius 3 is 1.82 bits per heavy atom. The number of anilines is 3. The largest absolute Gasteiger partial charge is 0.336 e. The Labute approximate surface area is 164 Å². The standard InChI is InChI=1S/C21H24N4O3/c1-14(2)22-21(28)25-19-11-9-18(10-12-19)24-20(27)13-6-16-4-7-17(8-5-16)23-15(3)26/h4-14H,1-3H3,(H,23,26)(H,24,27)(H2,22,25,28)/b13-6+. The molecule has 0 bridgehead atoms. The second kappa shape index (κ2) is 9.91. The van der Waals surface area contributed by atoms with Crippen molar-refractivity contribution in [2.75, 3.05) is 16.0 Å². The van der Waals surface area contributed by atoms with E-state index in [1.807, 2.05) is 13.8 Å². The van der Waals surface area contributed by atoms with Crippen molar-refractivity contribution in [1.82, 2.24) is 5.32 Å². The van der Waals surface area contributed by atoms with Crippen molar-refractivity contribution in [3.05, 3.63) is 60.2 Å². The second-order valence-corrected chi connectivity index (χ2v) is 6.46. The minimum Gasteiger partial charge on any atom is -0.336 e. The Morgan fingerprint density at radius 1 is 0.786 bits per heavy atom. The lowest BCUT2D eigenvalue weighted by atomic mass is 10.2. The van der Waals surface area contributed by atoms with Gasteiger partial charge in [0.25, 0.3) is 0 Å². The number of nitrogens with one attached hydrogen (secondary N) is 4. The van der Waals surface area contributed by atoms with Gasteiger partial charge in [-0.15, -0.1) is 0 Å². The molecule has 4 amide bonds. The van der Waals surface area contributed by atoms with Gasteiger partial charge in [-0.3, -0.25) is 9.59 Å². The highest BCUT2D eigenvalue weighted by Gasteiger charge is 2.04. The molecule has 0 aliphatic heterocycles. The smallest absolute Gasteiger partial charge is 0.319 e. The molecule has 4 N–H and O–H groups in total. The summed E-state index contributed by atoms with van der Waals surface area (Å²) in [5, 5.41) is 10.9. The van der Waals surface area contributed by atoms with Crippen molar-refractivity contribution in [1.29, 1.82) is 0 Å². The van der Waals surface area contributed by atoms with E-state index in [0.29, 0.717) is 17.1 Å². The van der Waals surface area contributed by atoms with Crippen LogP contribution in [0.2, 0.25) is 0 Å². The summed E-state index contributed by atoms with van der Waals surface area (Å²) in [6, 6.07) is 13.7. The Morgan fingerprint density at radius 2 is 1.29 bits per heavy atom. The fraction of sp³-hybridized carbons (Fsp3) is 0.190. The van der Waals surface area contributed by atoms with E-state index in [1.54, 1.807) is 54.6 Å². The van der Waals surface area contributed by atoms with Gasteiger partial charge in [-0.1, -0.05) is 12.1 Å². The molecule has 0 saturated carbocycles. The molecule has 0 fully saturated rings. The summed E-state index contributed by atoms with van der Waals surface area (Å²) in [6.07, 6.45) is 3.11. The lowest BCUT2D eigenvalue weighted by molar-refractivity contribution is -0.114. The first-order valence-electron chi connectivity index (χ1n) is 8.86. The summed E-state index contributed by atoms with van der Waals surface area (Å²) >= 11 is 0. The molecule has 2 aromatic rings. The van der Waals surface area contributed by atoms with Crippen LogP contribution in [0.25, 0.3) is 6.08 Å². The highest BCUT2D eigenvalue weighted by Crippen LogP contribution is 2.14. The highest BCUT2D eigenvalue weighted by molar-refractivity contribution is 6.02. The Bertz CT molecular complexity index is 856. The third-order valence-corrected chi connectivity index (χ3v) is 3.49. The molecule has 0 spiro atoms. The maximum atomic E-state index is 12.0. The molecule has 146 valence electrons.